The van der Waals surface area contributed by atoms with Crippen LogP contribution < -0.4 is 10.2 Å². The molecule has 1 aliphatic rings. The summed E-state index contributed by atoms with van der Waals surface area (Å²) in [6.07, 6.45) is 0. The molecule has 18 heavy (non-hydrogen) atoms. The number of hydrogen-bond donors (Lipinski definition) is 2. The van der Waals surface area contributed by atoms with E-state index in [0.29, 0.717) is 5.69 Å². The summed E-state index contributed by atoms with van der Waals surface area (Å²) >= 11 is 5.66. The van der Waals surface area contributed by atoms with Crippen LogP contribution in [0.4, 0.5) is 14.9 Å². The Labute approximate surface area is 110 Å². The van der Waals surface area contributed by atoms with Gasteiger partial charge in [-0.25, -0.2) is 9.18 Å². The van der Waals surface area contributed by atoms with Gasteiger partial charge in [0.25, 0.3) is 0 Å². The third-order valence-corrected chi connectivity index (χ3v) is 3.36. The normalized spacial score (nSPS) is 16.7. The molecule has 1 fully saturated rings. The number of carbonyl (C=O) groups is 1. The first-order valence-corrected chi connectivity index (χ1v) is 6.26. The van der Waals surface area contributed by atoms with Crippen LogP contribution in [0, 0.1) is 5.82 Å². The molecular weight excluding hydrogens is 257 g/mol. The van der Waals surface area contributed by atoms with Gasteiger partial charge < -0.3 is 15.1 Å². The van der Waals surface area contributed by atoms with E-state index in [1.165, 1.54) is 23.1 Å². The summed E-state index contributed by atoms with van der Waals surface area (Å²) in [6, 6.07) is 3.99. The number of rotatable bonds is 1. The second kappa shape index (κ2) is 5.54. The number of carbonyl (C=O) groups excluding carboxylic acids is 1. The van der Waals surface area contributed by atoms with E-state index in [-0.39, 0.29) is 11.1 Å². The fourth-order valence-corrected chi connectivity index (χ4v) is 2.05. The van der Waals surface area contributed by atoms with Gasteiger partial charge in [-0.2, -0.15) is 0 Å². The molecule has 0 radical (unpaired) electrons. The number of hydrogen-bond acceptors (Lipinski definition) is 1. The SMILES string of the molecule is C[NH+]1CCN(C(=O)Nc2ccc(F)c(Cl)c2)CC1. The zero-order chi connectivity index (χ0) is 13.1. The second-order valence-corrected chi connectivity index (χ2v) is 4.91. The molecule has 0 aliphatic carbocycles. The Hall–Kier alpha value is -1.33. The minimum Gasteiger partial charge on any atom is -0.334 e. The highest BCUT2D eigenvalue weighted by molar-refractivity contribution is 6.31. The van der Waals surface area contributed by atoms with Crippen LogP contribution in [-0.4, -0.2) is 44.2 Å². The second-order valence-electron chi connectivity index (χ2n) is 4.50. The summed E-state index contributed by atoms with van der Waals surface area (Å²) in [5.74, 6) is -0.488. The Morgan fingerprint density at radius 3 is 2.72 bits per heavy atom. The van der Waals surface area contributed by atoms with E-state index in [2.05, 4.69) is 12.4 Å². The number of likely N-dealkylation sites (N-methyl/N-ethyl adjacent to an activating group) is 1. The predicted octanol–water partition coefficient (Wildman–Crippen LogP) is 0.841. The molecule has 1 aromatic carbocycles. The smallest absolute Gasteiger partial charge is 0.322 e. The summed E-state index contributed by atoms with van der Waals surface area (Å²) < 4.78 is 13.0. The first-order chi connectivity index (χ1) is 8.56. The standard InChI is InChI=1S/C12H15ClFN3O/c1-16-4-6-17(7-5-16)12(18)15-9-2-3-11(14)10(13)8-9/h2-3,8H,4-7H2,1H3,(H,15,18)/p+1. The molecule has 2 amide bonds. The van der Waals surface area contributed by atoms with Crippen molar-refractivity contribution in [2.24, 2.45) is 0 Å². The Kier molecular flexibility index (Phi) is 4.04. The van der Waals surface area contributed by atoms with Gasteiger partial charge in [0, 0.05) is 5.69 Å². The summed E-state index contributed by atoms with van der Waals surface area (Å²) in [4.78, 5) is 15.1. The maximum absolute atomic E-state index is 13.0. The first kappa shape index (κ1) is 13.1. The molecule has 2 N–H and O–H groups in total. The topological polar surface area (TPSA) is 36.8 Å². The Bertz CT molecular complexity index is 447. The molecule has 4 nitrogen and oxygen atoms in total. The average Bonchev–Trinajstić information content (AvgIpc) is 2.34. The number of nitrogens with one attached hydrogen (secondary N) is 2. The van der Waals surface area contributed by atoms with Gasteiger partial charge in [-0.3, -0.25) is 0 Å². The number of benzene rings is 1. The van der Waals surface area contributed by atoms with Gasteiger partial charge in [0.15, 0.2) is 0 Å². The van der Waals surface area contributed by atoms with Gasteiger partial charge in [0.2, 0.25) is 0 Å². The number of urea groups is 1. The summed E-state index contributed by atoms with van der Waals surface area (Å²) in [5, 5.41) is 2.73. The number of piperazine rings is 1. The van der Waals surface area contributed by atoms with Crippen LogP contribution in [0.15, 0.2) is 18.2 Å². The van der Waals surface area contributed by atoms with E-state index in [1.54, 1.807) is 4.90 Å². The van der Waals surface area contributed by atoms with Crippen LogP contribution in [0.1, 0.15) is 0 Å². The molecule has 1 heterocycles. The molecular formula is C12H16ClFN3O+. The first-order valence-electron chi connectivity index (χ1n) is 5.88. The fraction of sp³-hybridized carbons (Fsp3) is 0.417. The van der Waals surface area contributed by atoms with Crippen molar-refractivity contribution < 1.29 is 14.1 Å². The third kappa shape index (κ3) is 3.11. The van der Waals surface area contributed by atoms with Crippen molar-refractivity contribution in [1.82, 2.24) is 4.90 Å². The molecule has 0 spiro atoms. The maximum Gasteiger partial charge on any atom is 0.322 e. The van der Waals surface area contributed by atoms with E-state index in [1.807, 2.05) is 0 Å². The number of nitrogens with zero attached hydrogens (tertiary/aromatic N) is 1. The molecule has 0 bridgehead atoms. The highest BCUT2D eigenvalue weighted by Gasteiger charge is 2.21. The number of halogens is 2. The molecule has 2 rings (SSSR count). The molecule has 6 heteroatoms. The molecule has 98 valence electrons. The van der Waals surface area contributed by atoms with Crippen molar-refractivity contribution in [1.29, 1.82) is 0 Å². The van der Waals surface area contributed by atoms with Crippen molar-refractivity contribution in [2.75, 3.05) is 38.5 Å². The summed E-state index contributed by atoms with van der Waals surface area (Å²) in [5.41, 5.74) is 0.512. The lowest BCUT2D eigenvalue weighted by molar-refractivity contribution is -0.883. The van der Waals surface area contributed by atoms with Gasteiger partial charge >= 0.3 is 6.03 Å². The monoisotopic (exact) mass is 272 g/mol. The third-order valence-electron chi connectivity index (χ3n) is 3.08. The van der Waals surface area contributed by atoms with E-state index in [9.17, 15) is 9.18 Å². The van der Waals surface area contributed by atoms with Crippen LogP contribution in [0.3, 0.4) is 0 Å². The van der Waals surface area contributed by atoms with Crippen LogP contribution in [0.5, 0.6) is 0 Å². The lowest BCUT2D eigenvalue weighted by Crippen LogP contribution is -3.12. The average molecular weight is 273 g/mol. The van der Waals surface area contributed by atoms with Crippen LogP contribution in [-0.2, 0) is 0 Å². The molecule has 0 unspecified atom stereocenters. The quantitative estimate of drug-likeness (QED) is 0.781. The summed E-state index contributed by atoms with van der Waals surface area (Å²) in [6.45, 7) is 3.34. The minimum absolute atomic E-state index is 0.00984. The summed E-state index contributed by atoms with van der Waals surface area (Å²) in [7, 11) is 2.11. The molecule has 0 atom stereocenters. The Morgan fingerprint density at radius 1 is 1.44 bits per heavy atom. The number of amides is 2. The molecule has 1 saturated heterocycles. The van der Waals surface area contributed by atoms with Crippen molar-refractivity contribution in [3.8, 4) is 0 Å². The molecule has 1 aromatic rings. The van der Waals surface area contributed by atoms with Gasteiger partial charge in [-0.05, 0) is 18.2 Å². The highest BCUT2D eigenvalue weighted by Crippen LogP contribution is 2.19. The van der Waals surface area contributed by atoms with Crippen molar-refractivity contribution in [3.63, 3.8) is 0 Å². The number of anilines is 1. The van der Waals surface area contributed by atoms with Crippen LogP contribution in [0.25, 0.3) is 0 Å². The Morgan fingerprint density at radius 2 is 2.11 bits per heavy atom. The Balaban J connectivity index is 1.96. The van der Waals surface area contributed by atoms with E-state index >= 15 is 0 Å². The molecule has 1 aliphatic heterocycles. The highest BCUT2D eigenvalue weighted by atomic mass is 35.5. The maximum atomic E-state index is 13.0. The zero-order valence-corrected chi connectivity index (χ0v) is 10.9. The fourth-order valence-electron chi connectivity index (χ4n) is 1.87. The minimum atomic E-state index is -0.488. The van der Waals surface area contributed by atoms with Crippen LogP contribution in [0.2, 0.25) is 5.02 Å². The van der Waals surface area contributed by atoms with E-state index < -0.39 is 5.82 Å². The van der Waals surface area contributed by atoms with Gasteiger partial charge in [0.05, 0.1) is 38.2 Å². The molecule has 0 saturated carbocycles. The van der Waals surface area contributed by atoms with E-state index in [0.717, 1.165) is 26.2 Å². The van der Waals surface area contributed by atoms with Gasteiger partial charge in [-0.1, -0.05) is 11.6 Å². The van der Waals surface area contributed by atoms with Crippen molar-refractivity contribution in [2.45, 2.75) is 0 Å². The predicted molar refractivity (Wildman–Crippen MR) is 68.6 cm³/mol. The molecule has 0 aromatic heterocycles. The lowest BCUT2D eigenvalue weighted by Gasteiger charge is -2.30. The number of quaternary nitrogens is 1. The van der Waals surface area contributed by atoms with E-state index in [4.69, 9.17) is 11.6 Å². The lowest BCUT2D eigenvalue weighted by atomic mass is 10.3. The van der Waals surface area contributed by atoms with Gasteiger partial charge in [-0.15, -0.1) is 0 Å². The zero-order valence-electron chi connectivity index (χ0n) is 10.2. The largest absolute Gasteiger partial charge is 0.334 e. The van der Waals surface area contributed by atoms with Crippen LogP contribution >= 0.6 is 11.6 Å². The van der Waals surface area contributed by atoms with Crippen molar-refractivity contribution >= 4 is 23.3 Å². The van der Waals surface area contributed by atoms with Gasteiger partial charge in [0.1, 0.15) is 5.82 Å². The van der Waals surface area contributed by atoms with Crippen molar-refractivity contribution in [3.05, 3.63) is 29.0 Å².